The van der Waals surface area contributed by atoms with E-state index in [1.807, 2.05) is 0 Å². The fourth-order valence-electron chi connectivity index (χ4n) is 1.85. The van der Waals surface area contributed by atoms with Gasteiger partial charge in [0, 0.05) is 6.07 Å². The number of aromatic nitrogens is 2. The number of hydrogen-bond acceptors (Lipinski definition) is 5. The second kappa shape index (κ2) is 4.93. The van der Waals surface area contributed by atoms with Crippen LogP contribution in [-0.2, 0) is 10.0 Å². The van der Waals surface area contributed by atoms with Crippen molar-refractivity contribution in [3.63, 3.8) is 0 Å². The summed E-state index contributed by atoms with van der Waals surface area (Å²) < 4.78 is 26.8. The van der Waals surface area contributed by atoms with E-state index in [2.05, 4.69) is 14.9 Å². The van der Waals surface area contributed by atoms with Crippen molar-refractivity contribution in [2.45, 2.75) is 18.7 Å². The Balaban J connectivity index is 2.47. The van der Waals surface area contributed by atoms with Gasteiger partial charge in [0.2, 0.25) is 0 Å². The lowest BCUT2D eigenvalue weighted by Crippen LogP contribution is -2.15. The van der Waals surface area contributed by atoms with E-state index >= 15 is 0 Å². The highest BCUT2D eigenvalue weighted by molar-refractivity contribution is 7.92. The SMILES string of the molecule is Cc1n[nH]c(C)c1S(=O)(=O)Nc1ccccc1[N+](=O)[O-]. The van der Waals surface area contributed by atoms with Crippen molar-refractivity contribution >= 4 is 21.4 Å². The fourth-order valence-corrected chi connectivity index (χ4v) is 3.30. The number of H-pyrrole nitrogens is 1. The van der Waals surface area contributed by atoms with E-state index in [0.717, 1.165) is 0 Å². The van der Waals surface area contributed by atoms with Gasteiger partial charge in [0.05, 0.1) is 16.3 Å². The first-order chi connectivity index (χ1) is 9.33. The molecule has 1 aromatic heterocycles. The number of nitro benzene ring substituents is 1. The Morgan fingerprint density at radius 2 is 1.95 bits per heavy atom. The maximum atomic E-state index is 12.3. The maximum Gasteiger partial charge on any atom is 0.293 e. The zero-order valence-electron chi connectivity index (χ0n) is 10.7. The monoisotopic (exact) mass is 296 g/mol. The normalized spacial score (nSPS) is 11.3. The van der Waals surface area contributed by atoms with Gasteiger partial charge in [0.15, 0.2) is 0 Å². The Labute approximate surface area is 115 Å². The molecule has 2 aromatic rings. The molecule has 0 radical (unpaired) electrons. The summed E-state index contributed by atoms with van der Waals surface area (Å²) in [5.41, 5.74) is 0.273. The first-order valence-electron chi connectivity index (χ1n) is 5.60. The molecule has 0 aliphatic carbocycles. The van der Waals surface area contributed by atoms with Crippen LogP contribution in [0.25, 0.3) is 0 Å². The molecule has 0 aliphatic heterocycles. The largest absolute Gasteiger partial charge is 0.293 e. The minimum Gasteiger partial charge on any atom is -0.281 e. The fraction of sp³-hybridized carbons (Fsp3) is 0.182. The van der Waals surface area contributed by atoms with Gasteiger partial charge in [-0.3, -0.25) is 19.9 Å². The van der Waals surface area contributed by atoms with Gasteiger partial charge in [-0.2, -0.15) is 5.10 Å². The Morgan fingerprint density at radius 1 is 1.30 bits per heavy atom. The molecule has 0 amide bonds. The molecule has 0 spiro atoms. The molecule has 0 atom stereocenters. The molecule has 8 nitrogen and oxygen atoms in total. The van der Waals surface area contributed by atoms with Crippen LogP contribution in [0.5, 0.6) is 0 Å². The van der Waals surface area contributed by atoms with Crippen LogP contribution >= 0.6 is 0 Å². The van der Waals surface area contributed by atoms with Gasteiger partial charge >= 0.3 is 0 Å². The van der Waals surface area contributed by atoms with Crippen LogP contribution in [-0.4, -0.2) is 23.5 Å². The van der Waals surface area contributed by atoms with Gasteiger partial charge in [-0.15, -0.1) is 0 Å². The standard InChI is InChI=1S/C11H12N4O4S/c1-7-11(8(2)13-12-7)20(18,19)14-9-5-3-4-6-10(9)15(16)17/h3-6,14H,1-2H3,(H,12,13). The molecule has 0 aliphatic rings. The van der Waals surface area contributed by atoms with Crippen LogP contribution in [0.1, 0.15) is 11.4 Å². The van der Waals surface area contributed by atoms with Gasteiger partial charge in [0.1, 0.15) is 10.6 Å². The number of sulfonamides is 1. The number of hydrogen-bond donors (Lipinski definition) is 2. The molecule has 2 rings (SSSR count). The third-order valence-corrected chi connectivity index (χ3v) is 4.30. The zero-order chi connectivity index (χ0) is 14.9. The Morgan fingerprint density at radius 3 is 2.50 bits per heavy atom. The third-order valence-electron chi connectivity index (χ3n) is 2.67. The van der Waals surface area contributed by atoms with E-state index in [4.69, 9.17) is 0 Å². The first kappa shape index (κ1) is 14.0. The van der Waals surface area contributed by atoms with Crippen LogP contribution < -0.4 is 4.72 Å². The van der Waals surface area contributed by atoms with E-state index < -0.39 is 14.9 Å². The molecule has 0 bridgehead atoms. The van der Waals surface area contributed by atoms with Gasteiger partial charge in [-0.05, 0) is 19.9 Å². The Kier molecular flexibility index (Phi) is 3.45. The van der Waals surface area contributed by atoms with Crippen LogP contribution in [0.2, 0.25) is 0 Å². The lowest BCUT2D eigenvalue weighted by molar-refractivity contribution is -0.383. The van der Waals surface area contributed by atoms with Gasteiger partial charge in [-0.1, -0.05) is 12.1 Å². The van der Waals surface area contributed by atoms with Crippen molar-refractivity contribution in [2.24, 2.45) is 0 Å². The van der Waals surface area contributed by atoms with Crippen molar-refractivity contribution in [2.75, 3.05) is 4.72 Å². The summed E-state index contributed by atoms with van der Waals surface area (Å²) in [6, 6.07) is 5.54. The smallest absolute Gasteiger partial charge is 0.281 e. The second-order valence-corrected chi connectivity index (χ2v) is 5.76. The topological polar surface area (TPSA) is 118 Å². The van der Waals surface area contributed by atoms with Crippen LogP contribution in [0, 0.1) is 24.0 Å². The van der Waals surface area contributed by atoms with E-state index in [1.54, 1.807) is 6.92 Å². The molecule has 20 heavy (non-hydrogen) atoms. The number of anilines is 1. The van der Waals surface area contributed by atoms with E-state index in [-0.39, 0.29) is 16.3 Å². The average molecular weight is 296 g/mol. The van der Waals surface area contributed by atoms with Gasteiger partial charge in [-0.25, -0.2) is 8.42 Å². The maximum absolute atomic E-state index is 12.3. The highest BCUT2D eigenvalue weighted by Gasteiger charge is 2.25. The number of nitro groups is 1. The highest BCUT2D eigenvalue weighted by Crippen LogP contribution is 2.27. The Bertz CT molecular complexity index is 747. The van der Waals surface area contributed by atoms with Crippen molar-refractivity contribution in [1.29, 1.82) is 0 Å². The predicted molar refractivity (Wildman–Crippen MR) is 72.0 cm³/mol. The summed E-state index contributed by atoms with van der Waals surface area (Å²) in [4.78, 5) is 10.2. The molecule has 2 N–H and O–H groups in total. The lowest BCUT2D eigenvalue weighted by Gasteiger charge is -2.08. The summed E-state index contributed by atoms with van der Waals surface area (Å²) >= 11 is 0. The molecule has 1 heterocycles. The summed E-state index contributed by atoms with van der Waals surface area (Å²) in [5.74, 6) is 0. The molecule has 106 valence electrons. The summed E-state index contributed by atoms with van der Waals surface area (Å²) in [6.07, 6.45) is 0. The number of nitrogens with zero attached hydrogens (tertiary/aromatic N) is 2. The molecule has 0 fully saturated rings. The average Bonchev–Trinajstić information content (AvgIpc) is 2.69. The number of para-hydroxylation sites is 2. The number of benzene rings is 1. The number of aromatic amines is 1. The van der Waals surface area contributed by atoms with Crippen molar-refractivity contribution in [3.05, 3.63) is 45.8 Å². The summed E-state index contributed by atoms with van der Waals surface area (Å²) in [7, 11) is -3.94. The molecule has 9 heteroatoms. The number of rotatable bonds is 4. The Hall–Kier alpha value is -2.42. The molecule has 0 unspecified atom stereocenters. The summed E-state index contributed by atoms with van der Waals surface area (Å²) in [6.45, 7) is 3.10. The minimum atomic E-state index is -3.94. The number of nitrogens with one attached hydrogen (secondary N) is 2. The van der Waals surface area contributed by atoms with Crippen LogP contribution in [0.15, 0.2) is 29.2 Å². The van der Waals surface area contributed by atoms with Gasteiger partial charge < -0.3 is 0 Å². The van der Waals surface area contributed by atoms with Crippen molar-refractivity contribution in [1.82, 2.24) is 10.2 Å². The van der Waals surface area contributed by atoms with Crippen molar-refractivity contribution < 1.29 is 13.3 Å². The quantitative estimate of drug-likeness (QED) is 0.658. The lowest BCUT2D eigenvalue weighted by atomic mass is 10.3. The molecule has 0 saturated heterocycles. The van der Waals surface area contributed by atoms with E-state index in [9.17, 15) is 18.5 Å². The van der Waals surface area contributed by atoms with Crippen molar-refractivity contribution in [3.8, 4) is 0 Å². The van der Waals surface area contributed by atoms with E-state index in [1.165, 1.54) is 31.2 Å². The van der Waals surface area contributed by atoms with Crippen LogP contribution in [0.4, 0.5) is 11.4 Å². The second-order valence-electron chi connectivity index (χ2n) is 4.14. The molecule has 1 aromatic carbocycles. The highest BCUT2D eigenvalue weighted by atomic mass is 32.2. The number of aryl methyl sites for hydroxylation is 2. The van der Waals surface area contributed by atoms with Gasteiger partial charge in [0.25, 0.3) is 15.7 Å². The third kappa shape index (κ3) is 2.48. The zero-order valence-corrected chi connectivity index (χ0v) is 11.6. The first-order valence-corrected chi connectivity index (χ1v) is 7.09. The predicted octanol–water partition coefficient (Wildman–Crippen LogP) is 1.74. The molecule has 0 saturated carbocycles. The molecular formula is C11H12N4O4S. The van der Waals surface area contributed by atoms with Crippen LogP contribution in [0.3, 0.4) is 0 Å². The molecular weight excluding hydrogens is 284 g/mol. The van der Waals surface area contributed by atoms with E-state index in [0.29, 0.717) is 11.4 Å². The minimum absolute atomic E-state index is 0.00403. The summed E-state index contributed by atoms with van der Waals surface area (Å²) in [5, 5.41) is 17.2.